The molecule has 0 fully saturated rings. The second kappa shape index (κ2) is 12.5. The van der Waals surface area contributed by atoms with Crippen molar-refractivity contribution in [1.29, 1.82) is 0 Å². The first kappa shape index (κ1) is 23.3. The van der Waals surface area contributed by atoms with Crippen LogP contribution in [0.15, 0.2) is 0 Å². The Labute approximate surface area is 90.7 Å². The van der Waals surface area contributed by atoms with E-state index in [0.29, 0.717) is 0 Å². The average molecular weight is 309 g/mol. The van der Waals surface area contributed by atoms with Crippen molar-refractivity contribution in [2.45, 2.75) is 18.3 Å². The van der Waals surface area contributed by atoms with E-state index in [-0.39, 0.29) is 33.3 Å². The predicted molar refractivity (Wildman–Crippen MR) is 37.9 cm³/mol. The van der Waals surface area contributed by atoms with Crippen molar-refractivity contribution in [3.05, 3.63) is 0 Å². The molecule has 0 aromatic rings. The maximum atomic E-state index is 8.77. The number of aliphatic hydroxyl groups is 5. The van der Waals surface area contributed by atoms with Gasteiger partial charge in [0, 0.05) is 0 Å². The van der Waals surface area contributed by atoms with Gasteiger partial charge < -0.3 is 34.9 Å². The van der Waals surface area contributed by atoms with Gasteiger partial charge in [0.05, 0.1) is 13.2 Å². The van der Waals surface area contributed by atoms with E-state index in [9.17, 15) is 0 Å². The first-order valence-electron chi connectivity index (χ1n) is 2.89. The first-order valence-corrected chi connectivity index (χ1v) is 2.89. The third kappa shape index (κ3) is 8.78. The normalized spacial score (nSPS) is 15.5. The quantitative estimate of drug-likeness (QED) is 0.332. The number of hydrogen-bond donors (Lipinski definition) is 5. The summed E-state index contributed by atoms with van der Waals surface area (Å²) in [4.78, 5) is 0. The van der Waals surface area contributed by atoms with Crippen LogP contribution in [0.3, 0.4) is 0 Å². The molecule has 0 bridgehead atoms. The van der Waals surface area contributed by atoms with Gasteiger partial charge in [-0.2, -0.15) is 0 Å². The molecule has 0 saturated heterocycles. The topological polar surface area (TPSA) is 101 Å². The van der Waals surface area contributed by atoms with Crippen molar-refractivity contribution in [3.8, 4) is 0 Å². The number of hydrogen-bond acceptors (Lipinski definition) is 5. The van der Waals surface area contributed by atoms with Crippen molar-refractivity contribution in [1.82, 2.24) is 0 Å². The molecule has 0 aliphatic rings. The molecule has 13 heavy (non-hydrogen) atoms. The van der Waals surface area contributed by atoms with Gasteiger partial charge in [-0.1, -0.05) is 0 Å². The Morgan fingerprint density at radius 1 is 0.769 bits per heavy atom. The van der Waals surface area contributed by atoms with E-state index in [4.69, 9.17) is 25.5 Å². The van der Waals surface area contributed by atoms with Crippen LogP contribution in [0.1, 0.15) is 0 Å². The standard InChI is InChI=1S/C5H12O5.2FH.Sn/c6-1-3(8)5(10)4(9)2-7;;;/h3-10H,1-2H2;2*1H;/q;;;+2/p-2/t3-,4+,5+;;;. The molecule has 0 saturated carbocycles. The summed E-state index contributed by atoms with van der Waals surface area (Å²) in [5.41, 5.74) is 0. The number of aliphatic hydroxyl groups excluding tert-OH is 5. The fourth-order valence-corrected chi connectivity index (χ4v) is 0.472. The Morgan fingerprint density at radius 2 is 1.00 bits per heavy atom. The smallest absolute Gasteiger partial charge is 1.00 e. The Morgan fingerprint density at radius 3 is 1.15 bits per heavy atom. The van der Waals surface area contributed by atoms with E-state index in [1.165, 1.54) is 0 Å². The van der Waals surface area contributed by atoms with Gasteiger partial charge in [0.1, 0.15) is 18.3 Å². The summed E-state index contributed by atoms with van der Waals surface area (Å²) in [6.45, 7) is -1.28. The first-order chi connectivity index (χ1) is 4.63. The monoisotopic (exact) mass is 310 g/mol. The van der Waals surface area contributed by atoms with Crippen LogP contribution in [-0.2, 0) is 0 Å². The zero-order valence-corrected chi connectivity index (χ0v) is 9.49. The molecular weight excluding hydrogens is 297 g/mol. The van der Waals surface area contributed by atoms with E-state index in [1.807, 2.05) is 0 Å². The Bertz CT molecular complexity index is 89.0. The molecule has 0 amide bonds. The number of rotatable bonds is 4. The molecule has 5 N–H and O–H groups in total. The van der Waals surface area contributed by atoms with E-state index >= 15 is 0 Å². The fourth-order valence-electron chi connectivity index (χ4n) is 0.472. The zero-order valence-electron chi connectivity index (χ0n) is 6.64. The van der Waals surface area contributed by atoms with Gasteiger partial charge in [0.25, 0.3) is 0 Å². The van der Waals surface area contributed by atoms with Crippen molar-refractivity contribution < 1.29 is 34.9 Å². The Kier molecular flexibility index (Phi) is 22.4. The third-order valence-corrected chi connectivity index (χ3v) is 1.16. The molecular formula is C5H12F2O5Sn. The largest absolute Gasteiger partial charge is 2.00 e. The summed E-state index contributed by atoms with van der Waals surface area (Å²) < 4.78 is 0. The van der Waals surface area contributed by atoms with Gasteiger partial charge in [-0.15, -0.1) is 0 Å². The molecule has 2 radical (unpaired) electrons. The van der Waals surface area contributed by atoms with E-state index in [1.54, 1.807) is 0 Å². The summed E-state index contributed by atoms with van der Waals surface area (Å²) in [7, 11) is 0. The van der Waals surface area contributed by atoms with E-state index < -0.39 is 31.5 Å². The minimum absolute atomic E-state index is 0. The minimum Gasteiger partial charge on any atom is -1.00 e. The van der Waals surface area contributed by atoms with Gasteiger partial charge in [-0.25, -0.2) is 0 Å². The zero-order chi connectivity index (χ0) is 8.15. The number of halogens is 2. The van der Waals surface area contributed by atoms with Crippen LogP contribution in [0, 0.1) is 0 Å². The van der Waals surface area contributed by atoms with Gasteiger partial charge in [0.2, 0.25) is 0 Å². The summed E-state index contributed by atoms with van der Waals surface area (Å²) in [5.74, 6) is 0. The summed E-state index contributed by atoms with van der Waals surface area (Å²) in [6.07, 6.45) is -4.29. The van der Waals surface area contributed by atoms with Crippen LogP contribution in [0.5, 0.6) is 0 Å². The fraction of sp³-hybridized carbons (Fsp3) is 1.00. The van der Waals surface area contributed by atoms with Gasteiger partial charge in [0.15, 0.2) is 0 Å². The van der Waals surface area contributed by atoms with Crippen LogP contribution in [0.4, 0.5) is 0 Å². The Balaban J connectivity index is -0.000000135. The van der Waals surface area contributed by atoms with Crippen molar-refractivity contribution in [2.75, 3.05) is 13.2 Å². The van der Waals surface area contributed by atoms with Crippen molar-refractivity contribution in [3.63, 3.8) is 0 Å². The molecule has 5 nitrogen and oxygen atoms in total. The molecule has 0 aromatic heterocycles. The average Bonchev–Trinajstić information content (AvgIpc) is 2.00. The molecule has 0 rings (SSSR count). The molecule has 0 aliphatic carbocycles. The summed E-state index contributed by atoms with van der Waals surface area (Å²) in [5, 5.41) is 42.6. The maximum Gasteiger partial charge on any atom is 2.00 e. The second-order valence-corrected chi connectivity index (χ2v) is 1.99. The predicted octanol–water partition coefficient (Wildman–Crippen LogP) is -9.32. The van der Waals surface area contributed by atoms with E-state index in [0.717, 1.165) is 0 Å². The van der Waals surface area contributed by atoms with Crippen molar-refractivity contribution in [2.24, 2.45) is 0 Å². The molecule has 0 unspecified atom stereocenters. The van der Waals surface area contributed by atoms with Gasteiger partial charge in [-0.3, -0.25) is 0 Å². The molecule has 8 heteroatoms. The summed E-state index contributed by atoms with van der Waals surface area (Å²) in [6, 6.07) is 0. The van der Waals surface area contributed by atoms with Crippen LogP contribution in [0.2, 0.25) is 0 Å². The molecule has 0 aromatic carbocycles. The molecule has 0 spiro atoms. The van der Waals surface area contributed by atoms with E-state index in [2.05, 4.69) is 0 Å². The molecule has 3 atom stereocenters. The van der Waals surface area contributed by atoms with Crippen molar-refractivity contribution >= 4 is 23.9 Å². The van der Waals surface area contributed by atoms with Crippen LogP contribution < -0.4 is 9.41 Å². The van der Waals surface area contributed by atoms with Gasteiger partial charge >= 0.3 is 23.9 Å². The minimum atomic E-state index is -1.49. The molecule has 0 heterocycles. The third-order valence-electron chi connectivity index (χ3n) is 1.16. The molecule has 0 aliphatic heterocycles. The van der Waals surface area contributed by atoms with Crippen LogP contribution in [0.25, 0.3) is 0 Å². The second-order valence-electron chi connectivity index (χ2n) is 1.99. The van der Waals surface area contributed by atoms with Crippen LogP contribution >= 0.6 is 0 Å². The van der Waals surface area contributed by atoms with Gasteiger partial charge in [-0.05, 0) is 0 Å². The molecule has 80 valence electrons. The summed E-state index contributed by atoms with van der Waals surface area (Å²) >= 11 is 0. The van der Waals surface area contributed by atoms with Crippen LogP contribution in [-0.4, -0.2) is 81.0 Å². The maximum absolute atomic E-state index is 8.77. The Hall–Kier alpha value is 0.459. The SMILES string of the molecule is OC[C@@H](O)[C@H](O)[C@@H](O)CO.[F-].[F-].[Sn+2].